The van der Waals surface area contributed by atoms with Crippen molar-refractivity contribution >= 4 is 16.0 Å². The molecule has 1 aromatic heterocycles. The highest BCUT2D eigenvalue weighted by Crippen LogP contribution is 2.22. The molecule has 1 aromatic rings. The summed E-state index contributed by atoms with van der Waals surface area (Å²) in [6.45, 7) is 4.80. The highest BCUT2D eigenvalue weighted by Gasteiger charge is 2.25. The fraction of sp³-hybridized carbons (Fsp3) is 0.583. The average molecular weight is 304 g/mol. The van der Waals surface area contributed by atoms with Crippen molar-refractivity contribution in [2.75, 3.05) is 6.54 Å². The lowest BCUT2D eigenvalue weighted by Crippen LogP contribution is -2.26. The van der Waals surface area contributed by atoms with Gasteiger partial charge in [-0.2, -0.15) is 0 Å². The van der Waals surface area contributed by atoms with Crippen molar-refractivity contribution in [3.05, 3.63) is 17.0 Å². The number of aromatic carboxylic acids is 1. The molecule has 8 heteroatoms. The van der Waals surface area contributed by atoms with Gasteiger partial charge in [0.05, 0.1) is 6.10 Å². The zero-order valence-electron chi connectivity index (χ0n) is 11.7. The van der Waals surface area contributed by atoms with Gasteiger partial charge in [0, 0.05) is 17.8 Å². The number of aliphatic hydroxyl groups is 1. The molecule has 1 unspecified atom stereocenters. The molecule has 0 aliphatic carbocycles. The monoisotopic (exact) mass is 304 g/mol. The van der Waals surface area contributed by atoms with E-state index < -0.39 is 22.1 Å². The standard InChI is InChI=1S/C12H20N2O5S/c1-7(15)5-4-6-13-20(18,19)11-8(2)10(12(16)17)14-9(11)3/h7,13-15H,4-6H2,1-3H3,(H,16,17). The van der Waals surface area contributed by atoms with Gasteiger partial charge in [-0.1, -0.05) is 0 Å². The molecule has 0 radical (unpaired) electrons. The van der Waals surface area contributed by atoms with Gasteiger partial charge in [-0.05, 0) is 33.6 Å². The number of aliphatic hydroxyl groups excluding tert-OH is 1. The number of sulfonamides is 1. The highest BCUT2D eigenvalue weighted by molar-refractivity contribution is 7.89. The van der Waals surface area contributed by atoms with E-state index >= 15 is 0 Å². The molecule has 0 aromatic carbocycles. The molecule has 114 valence electrons. The number of carboxylic acid groups (broad SMARTS) is 1. The van der Waals surface area contributed by atoms with Crippen LogP contribution in [0.2, 0.25) is 0 Å². The van der Waals surface area contributed by atoms with Crippen molar-refractivity contribution in [1.82, 2.24) is 9.71 Å². The predicted molar refractivity (Wildman–Crippen MR) is 73.3 cm³/mol. The van der Waals surface area contributed by atoms with Gasteiger partial charge in [-0.25, -0.2) is 17.9 Å². The van der Waals surface area contributed by atoms with Crippen LogP contribution in [-0.4, -0.2) is 42.2 Å². The van der Waals surface area contributed by atoms with Crippen molar-refractivity contribution in [1.29, 1.82) is 0 Å². The largest absolute Gasteiger partial charge is 0.477 e. The molecule has 4 N–H and O–H groups in total. The van der Waals surface area contributed by atoms with Crippen LogP contribution in [0.1, 0.15) is 41.5 Å². The normalized spacial score (nSPS) is 13.4. The SMILES string of the molecule is Cc1[nH]c(C(=O)O)c(C)c1S(=O)(=O)NCCCC(C)O. The molecule has 1 heterocycles. The first kappa shape index (κ1) is 16.7. The molecule has 0 amide bonds. The number of aromatic amines is 1. The molecule has 0 saturated carbocycles. The van der Waals surface area contributed by atoms with Gasteiger partial charge in [0.25, 0.3) is 0 Å². The maximum atomic E-state index is 12.2. The van der Waals surface area contributed by atoms with E-state index in [1.807, 2.05) is 0 Å². The Morgan fingerprint density at radius 3 is 2.45 bits per heavy atom. The fourth-order valence-electron chi connectivity index (χ4n) is 2.03. The Labute approximate surface area is 118 Å². The Kier molecular flexibility index (Phi) is 5.32. The lowest BCUT2D eigenvalue weighted by atomic mass is 10.2. The van der Waals surface area contributed by atoms with Gasteiger partial charge in [0.15, 0.2) is 0 Å². The Balaban J connectivity index is 2.91. The first-order chi connectivity index (χ1) is 9.16. The van der Waals surface area contributed by atoms with Crippen LogP contribution in [0.5, 0.6) is 0 Å². The van der Waals surface area contributed by atoms with Crippen LogP contribution in [-0.2, 0) is 10.0 Å². The second-order valence-corrected chi connectivity index (χ2v) is 6.48. The summed E-state index contributed by atoms with van der Waals surface area (Å²) < 4.78 is 26.7. The van der Waals surface area contributed by atoms with Gasteiger partial charge in [-0.15, -0.1) is 0 Å². The second-order valence-electron chi connectivity index (χ2n) is 4.77. The molecule has 0 bridgehead atoms. The van der Waals surface area contributed by atoms with Crippen molar-refractivity contribution in [3.8, 4) is 0 Å². The third-order valence-electron chi connectivity index (χ3n) is 2.94. The van der Waals surface area contributed by atoms with Gasteiger partial charge < -0.3 is 15.2 Å². The lowest BCUT2D eigenvalue weighted by Gasteiger charge is -2.08. The van der Waals surface area contributed by atoms with E-state index in [0.717, 1.165) is 0 Å². The zero-order chi connectivity index (χ0) is 15.5. The fourth-order valence-corrected chi connectivity index (χ4v) is 3.54. The van der Waals surface area contributed by atoms with E-state index in [4.69, 9.17) is 10.2 Å². The molecule has 1 atom stereocenters. The maximum absolute atomic E-state index is 12.2. The molecular weight excluding hydrogens is 284 g/mol. The third-order valence-corrected chi connectivity index (χ3v) is 4.68. The van der Waals surface area contributed by atoms with Crippen LogP contribution < -0.4 is 4.72 Å². The number of aromatic nitrogens is 1. The van der Waals surface area contributed by atoms with Gasteiger partial charge in [-0.3, -0.25) is 0 Å². The van der Waals surface area contributed by atoms with Gasteiger partial charge in [0.1, 0.15) is 10.6 Å². The maximum Gasteiger partial charge on any atom is 0.352 e. The van der Waals surface area contributed by atoms with Crippen LogP contribution in [0.25, 0.3) is 0 Å². The van der Waals surface area contributed by atoms with E-state index in [2.05, 4.69) is 9.71 Å². The van der Waals surface area contributed by atoms with Gasteiger partial charge >= 0.3 is 5.97 Å². The quantitative estimate of drug-likeness (QED) is 0.555. The van der Waals surface area contributed by atoms with Crippen molar-refractivity contribution in [2.24, 2.45) is 0 Å². The number of hydrogen-bond donors (Lipinski definition) is 4. The van der Waals surface area contributed by atoms with Crippen LogP contribution >= 0.6 is 0 Å². The summed E-state index contributed by atoms with van der Waals surface area (Å²) >= 11 is 0. The summed E-state index contributed by atoms with van der Waals surface area (Å²) in [5, 5.41) is 18.1. The number of rotatable bonds is 7. The second kappa shape index (κ2) is 6.38. The number of hydrogen-bond acceptors (Lipinski definition) is 4. The third kappa shape index (κ3) is 3.81. The lowest BCUT2D eigenvalue weighted by molar-refractivity contribution is 0.0690. The summed E-state index contributed by atoms with van der Waals surface area (Å²) in [5.41, 5.74) is 0.368. The Bertz CT molecular complexity index is 589. The zero-order valence-corrected chi connectivity index (χ0v) is 12.5. The molecule has 7 nitrogen and oxygen atoms in total. The smallest absolute Gasteiger partial charge is 0.352 e. The van der Waals surface area contributed by atoms with Crippen molar-refractivity contribution < 1.29 is 23.4 Å². The van der Waals surface area contributed by atoms with E-state index in [9.17, 15) is 13.2 Å². The topological polar surface area (TPSA) is 119 Å². The molecule has 0 spiro atoms. The molecular formula is C12H20N2O5S. The number of H-pyrrole nitrogens is 1. The molecule has 0 fully saturated rings. The minimum absolute atomic E-state index is 0.0213. The van der Waals surface area contributed by atoms with Gasteiger partial charge in [0.2, 0.25) is 10.0 Å². The minimum Gasteiger partial charge on any atom is -0.477 e. The number of aryl methyl sites for hydroxylation is 1. The first-order valence-electron chi connectivity index (χ1n) is 6.27. The molecule has 0 aliphatic rings. The summed E-state index contributed by atoms with van der Waals surface area (Å²) in [7, 11) is -3.76. The van der Waals surface area contributed by atoms with E-state index in [1.54, 1.807) is 6.92 Å². The summed E-state index contributed by atoms with van der Waals surface area (Å²) in [5.74, 6) is -1.19. The van der Waals surface area contributed by atoms with Crippen molar-refractivity contribution in [3.63, 3.8) is 0 Å². The first-order valence-corrected chi connectivity index (χ1v) is 7.75. The number of carbonyl (C=O) groups is 1. The van der Waals surface area contributed by atoms with E-state index in [0.29, 0.717) is 18.5 Å². The minimum atomic E-state index is -3.76. The summed E-state index contributed by atoms with van der Waals surface area (Å²) in [4.78, 5) is 13.5. The van der Waals surface area contributed by atoms with Crippen molar-refractivity contribution in [2.45, 2.75) is 44.6 Å². The molecule has 20 heavy (non-hydrogen) atoms. The van der Waals surface area contributed by atoms with Crippen LogP contribution in [0.15, 0.2) is 4.90 Å². The summed E-state index contributed by atoms with van der Waals surface area (Å²) in [6.07, 6.45) is 0.521. The predicted octanol–water partition coefficient (Wildman–Crippen LogP) is 0.769. The van der Waals surface area contributed by atoms with Crippen LogP contribution in [0, 0.1) is 13.8 Å². The number of nitrogens with one attached hydrogen (secondary N) is 2. The van der Waals surface area contributed by atoms with Crippen LogP contribution in [0.3, 0.4) is 0 Å². The molecule has 0 aliphatic heterocycles. The Morgan fingerprint density at radius 2 is 2.00 bits per heavy atom. The Hall–Kier alpha value is -1.38. The highest BCUT2D eigenvalue weighted by atomic mass is 32.2. The summed E-state index contributed by atoms with van der Waals surface area (Å²) in [6, 6.07) is 0. The average Bonchev–Trinajstić information content (AvgIpc) is 2.61. The number of carboxylic acids is 1. The Morgan fingerprint density at radius 1 is 1.40 bits per heavy atom. The molecule has 0 saturated heterocycles. The van der Waals surface area contributed by atoms with E-state index in [-0.39, 0.29) is 22.7 Å². The molecule has 1 rings (SSSR count). The van der Waals surface area contributed by atoms with Crippen LogP contribution in [0.4, 0.5) is 0 Å². The van der Waals surface area contributed by atoms with E-state index in [1.165, 1.54) is 13.8 Å².